The van der Waals surface area contributed by atoms with E-state index in [1.54, 1.807) is 16.2 Å². The van der Waals surface area contributed by atoms with Gasteiger partial charge in [0.1, 0.15) is 11.1 Å². The van der Waals surface area contributed by atoms with E-state index >= 15 is 0 Å². The van der Waals surface area contributed by atoms with Crippen molar-refractivity contribution in [1.29, 1.82) is 0 Å². The molecule has 2 aromatic heterocycles. The van der Waals surface area contributed by atoms with Crippen LogP contribution < -0.4 is 5.32 Å². The SMILES string of the molecule is CCCCc1nnc(NC(=O)N2CCOC(c3ccsc3)C2)s1. The highest BCUT2D eigenvalue weighted by atomic mass is 32.1. The van der Waals surface area contributed by atoms with Gasteiger partial charge in [-0.25, -0.2) is 4.79 Å². The standard InChI is InChI=1S/C15H20N4O2S2/c1-2-3-4-13-17-18-14(23-13)16-15(20)19-6-7-21-12(9-19)11-5-8-22-10-11/h5,8,10,12H,2-4,6-7,9H2,1H3,(H,16,18,20). The summed E-state index contributed by atoms with van der Waals surface area (Å²) in [7, 11) is 0. The third kappa shape index (κ3) is 4.27. The van der Waals surface area contributed by atoms with Gasteiger partial charge in [-0.05, 0) is 28.8 Å². The number of carbonyl (C=O) groups excluding carboxylic acids is 1. The molecule has 0 aromatic carbocycles. The molecule has 1 atom stereocenters. The number of hydrogen-bond acceptors (Lipinski definition) is 6. The summed E-state index contributed by atoms with van der Waals surface area (Å²) in [6, 6.07) is 1.91. The fraction of sp³-hybridized carbons (Fsp3) is 0.533. The normalized spacial score (nSPS) is 18.1. The van der Waals surface area contributed by atoms with Crippen molar-refractivity contribution in [2.75, 3.05) is 25.0 Å². The number of urea groups is 1. The molecule has 0 bridgehead atoms. The zero-order valence-electron chi connectivity index (χ0n) is 13.0. The van der Waals surface area contributed by atoms with E-state index in [-0.39, 0.29) is 12.1 Å². The number of carbonyl (C=O) groups is 1. The minimum Gasteiger partial charge on any atom is -0.370 e. The number of amides is 2. The van der Waals surface area contributed by atoms with E-state index in [2.05, 4.69) is 27.8 Å². The Kier molecular flexibility index (Phi) is 5.58. The Balaban J connectivity index is 1.56. The van der Waals surface area contributed by atoms with E-state index < -0.39 is 0 Å². The van der Waals surface area contributed by atoms with Crippen LogP contribution in [0.1, 0.15) is 36.4 Å². The first-order valence-electron chi connectivity index (χ1n) is 7.78. The topological polar surface area (TPSA) is 67.4 Å². The summed E-state index contributed by atoms with van der Waals surface area (Å²) in [5, 5.41) is 16.7. The number of rotatable bonds is 5. The molecule has 3 rings (SSSR count). The van der Waals surface area contributed by atoms with Gasteiger partial charge in [-0.1, -0.05) is 24.7 Å². The summed E-state index contributed by atoms with van der Waals surface area (Å²) in [5.74, 6) is 0. The number of anilines is 1. The highest BCUT2D eigenvalue weighted by Gasteiger charge is 2.26. The summed E-state index contributed by atoms with van der Waals surface area (Å²) >= 11 is 3.09. The van der Waals surface area contributed by atoms with E-state index in [0.717, 1.165) is 29.8 Å². The van der Waals surface area contributed by atoms with Crippen LogP contribution in [0.15, 0.2) is 16.8 Å². The molecular formula is C15H20N4O2S2. The minimum atomic E-state index is -0.133. The maximum absolute atomic E-state index is 12.4. The number of nitrogens with zero attached hydrogens (tertiary/aromatic N) is 3. The van der Waals surface area contributed by atoms with Crippen LogP contribution in [0, 0.1) is 0 Å². The Morgan fingerprint density at radius 2 is 2.43 bits per heavy atom. The van der Waals surface area contributed by atoms with Gasteiger partial charge in [0.25, 0.3) is 0 Å². The molecule has 0 saturated carbocycles. The molecular weight excluding hydrogens is 332 g/mol. The first-order valence-corrected chi connectivity index (χ1v) is 9.54. The lowest BCUT2D eigenvalue weighted by atomic mass is 10.1. The first-order chi connectivity index (χ1) is 11.3. The molecule has 1 aliphatic rings. The van der Waals surface area contributed by atoms with Crippen LogP contribution in [0.25, 0.3) is 0 Å². The van der Waals surface area contributed by atoms with Gasteiger partial charge in [-0.3, -0.25) is 5.32 Å². The molecule has 1 fully saturated rings. The molecule has 6 nitrogen and oxygen atoms in total. The van der Waals surface area contributed by atoms with Crippen molar-refractivity contribution < 1.29 is 9.53 Å². The Labute approximate surface area is 143 Å². The Hall–Kier alpha value is -1.51. The van der Waals surface area contributed by atoms with Crippen molar-refractivity contribution in [2.45, 2.75) is 32.3 Å². The number of aryl methyl sites for hydroxylation is 1. The van der Waals surface area contributed by atoms with Gasteiger partial charge in [0, 0.05) is 13.0 Å². The highest BCUT2D eigenvalue weighted by molar-refractivity contribution is 7.15. The number of hydrogen-bond donors (Lipinski definition) is 1. The molecule has 0 radical (unpaired) electrons. The summed E-state index contributed by atoms with van der Waals surface area (Å²) in [5.41, 5.74) is 1.13. The lowest BCUT2D eigenvalue weighted by Crippen LogP contribution is -2.44. The number of aromatic nitrogens is 2. The van der Waals surface area contributed by atoms with Gasteiger partial charge in [-0.15, -0.1) is 10.2 Å². The maximum Gasteiger partial charge on any atom is 0.323 e. The van der Waals surface area contributed by atoms with Crippen molar-refractivity contribution in [3.63, 3.8) is 0 Å². The van der Waals surface area contributed by atoms with Crippen LogP contribution in [-0.2, 0) is 11.2 Å². The monoisotopic (exact) mass is 352 g/mol. The Morgan fingerprint density at radius 1 is 1.52 bits per heavy atom. The van der Waals surface area contributed by atoms with Gasteiger partial charge in [0.05, 0.1) is 13.2 Å². The minimum absolute atomic E-state index is 0.0460. The number of thiophene rings is 1. The van der Waals surface area contributed by atoms with Crippen molar-refractivity contribution in [3.05, 3.63) is 27.4 Å². The Morgan fingerprint density at radius 3 is 3.22 bits per heavy atom. The smallest absolute Gasteiger partial charge is 0.323 e. The molecule has 3 heterocycles. The summed E-state index contributed by atoms with van der Waals surface area (Å²) < 4.78 is 5.76. The van der Waals surface area contributed by atoms with E-state index in [4.69, 9.17) is 4.74 Å². The number of unbranched alkanes of at least 4 members (excludes halogenated alkanes) is 1. The van der Waals surface area contributed by atoms with E-state index in [1.165, 1.54) is 11.3 Å². The van der Waals surface area contributed by atoms with Crippen molar-refractivity contribution in [2.24, 2.45) is 0 Å². The fourth-order valence-electron chi connectivity index (χ4n) is 2.40. The van der Waals surface area contributed by atoms with Crippen LogP contribution in [0.3, 0.4) is 0 Å². The molecule has 23 heavy (non-hydrogen) atoms. The Bertz CT molecular complexity index is 629. The van der Waals surface area contributed by atoms with Crippen LogP contribution >= 0.6 is 22.7 Å². The van der Waals surface area contributed by atoms with Gasteiger partial charge >= 0.3 is 6.03 Å². The van der Waals surface area contributed by atoms with Crippen LogP contribution in [-0.4, -0.2) is 40.8 Å². The average Bonchev–Trinajstić information content (AvgIpc) is 3.25. The zero-order valence-corrected chi connectivity index (χ0v) is 14.7. The summed E-state index contributed by atoms with van der Waals surface area (Å²) in [6.45, 7) is 3.84. The predicted octanol–water partition coefficient (Wildman–Crippen LogP) is 3.55. The second-order valence-electron chi connectivity index (χ2n) is 5.40. The molecule has 1 aliphatic heterocycles. The molecule has 124 valence electrons. The quantitative estimate of drug-likeness (QED) is 0.893. The average molecular weight is 352 g/mol. The van der Waals surface area contributed by atoms with Gasteiger partial charge in [0.2, 0.25) is 5.13 Å². The predicted molar refractivity (Wildman–Crippen MR) is 92.1 cm³/mol. The zero-order chi connectivity index (χ0) is 16.1. The largest absolute Gasteiger partial charge is 0.370 e. The summed E-state index contributed by atoms with van der Waals surface area (Å²) in [6.07, 6.45) is 3.09. The van der Waals surface area contributed by atoms with Gasteiger partial charge in [-0.2, -0.15) is 11.3 Å². The molecule has 1 unspecified atom stereocenters. The lowest BCUT2D eigenvalue weighted by Gasteiger charge is -2.32. The van der Waals surface area contributed by atoms with Gasteiger partial charge < -0.3 is 9.64 Å². The van der Waals surface area contributed by atoms with Gasteiger partial charge in [0.15, 0.2) is 0 Å². The van der Waals surface area contributed by atoms with Crippen molar-refractivity contribution >= 4 is 33.8 Å². The number of morpholine rings is 1. The van der Waals surface area contributed by atoms with Crippen molar-refractivity contribution in [1.82, 2.24) is 15.1 Å². The third-order valence-electron chi connectivity index (χ3n) is 3.69. The molecule has 1 N–H and O–H groups in total. The molecule has 8 heteroatoms. The molecule has 0 aliphatic carbocycles. The van der Waals surface area contributed by atoms with Crippen LogP contribution in [0.5, 0.6) is 0 Å². The molecule has 2 aromatic rings. The first kappa shape index (κ1) is 16.4. The van der Waals surface area contributed by atoms with Crippen LogP contribution in [0.2, 0.25) is 0 Å². The number of ether oxygens (including phenoxy) is 1. The summed E-state index contributed by atoms with van der Waals surface area (Å²) in [4.78, 5) is 14.2. The lowest BCUT2D eigenvalue weighted by molar-refractivity contribution is -0.0132. The van der Waals surface area contributed by atoms with Crippen LogP contribution in [0.4, 0.5) is 9.93 Å². The van der Waals surface area contributed by atoms with Crippen molar-refractivity contribution in [3.8, 4) is 0 Å². The second-order valence-corrected chi connectivity index (χ2v) is 7.24. The molecule has 1 saturated heterocycles. The molecule has 2 amide bonds. The third-order valence-corrected chi connectivity index (χ3v) is 5.29. The second kappa shape index (κ2) is 7.85. The highest BCUT2D eigenvalue weighted by Crippen LogP contribution is 2.25. The fourth-order valence-corrected chi connectivity index (χ4v) is 3.87. The maximum atomic E-state index is 12.4. The van der Waals surface area contributed by atoms with E-state index in [0.29, 0.717) is 24.8 Å². The van der Waals surface area contributed by atoms with E-state index in [1.807, 2.05) is 11.4 Å². The number of nitrogens with one attached hydrogen (secondary N) is 1. The van der Waals surface area contributed by atoms with E-state index in [9.17, 15) is 4.79 Å². The molecule has 0 spiro atoms.